The van der Waals surface area contributed by atoms with E-state index in [4.69, 9.17) is 10.4 Å². The fourth-order valence-electron chi connectivity index (χ4n) is 3.48. The number of anilines is 1. The number of pyridine rings is 1. The molecule has 1 fully saturated rings. The Bertz CT molecular complexity index is 922. The van der Waals surface area contributed by atoms with Crippen molar-refractivity contribution in [3.8, 4) is 0 Å². The van der Waals surface area contributed by atoms with Gasteiger partial charge in [0.05, 0.1) is 5.71 Å². The zero-order valence-electron chi connectivity index (χ0n) is 15.4. The zero-order valence-corrected chi connectivity index (χ0v) is 15.4. The van der Waals surface area contributed by atoms with Crippen molar-refractivity contribution in [1.82, 2.24) is 15.6 Å². The van der Waals surface area contributed by atoms with Crippen LogP contribution in [-0.2, 0) is 4.79 Å². The number of fused-ring (bicyclic) bond motifs is 1. The molecule has 7 heteroatoms. The first-order valence-corrected chi connectivity index (χ1v) is 9.23. The molecule has 0 saturated carbocycles. The van der Waals surface area contributed by atoms with Gasteiger partial charge in [-0.1, -0.05) is 6.07 Å². The number of hydrogen-bond donors (Lipinski definition) is 3. The molecule has 3 aliphatic heterocycles. The van der Waals surface area contributed by atoms with E-state index >= 15 is 0 Å². The van der Waals surface area contributed by atoms with E-state index in [1.54, 1.807) is 12.2 Å². The van der Waals surface area contributed by atoms with Crippen LogP contribution in [0.25, 0.3) is 6.08 Å². The van der Waals surface area contributed by atoms with E-state index in [2.05, 4.69) is 15.5 Å². The lowest BCUT2D eigenvalue weighted by Gasteiger charge is -2.29. The molecule has 0 bridgehead atoms. The zero-order chi connectivity index (χ0) is 18.8. The van der Waals surface area contributed by atoms with Gasteiger partial charge in [0.25, 0.3) is 7.28 Å². The van der Waals surface area contributed by atoms with E-state index < -0.39 is 0 Å². The monoisotopic (exact) mass is 359 g/mol. The van der Waals surface area contributed by atoms with E-state index in [1.165, 1.54) is 0 Å². The summed E-state index contributed by atoms with van der Waals surface area (Å²) in [6, 6.07) is 4.02. The number of dihydropyridines is 1. The van der Waals surface area contributed by atoms with Crippen molar-refractivity contribution < 1.29 is 4.79 Å². The van der Waals surface area contributed by atoms with Gasteiger partial charge in [-0.25, -0.2) is 4.98 Å². The number of aromatic nitrogens is 1. The number of carbonyl (C=O) groups excluding carboxylic acids is 1. The van der Waals surface area contributed by atoms with Gasteiger partial charge in [0, 0.05) is 49.2 Å². The van der Waals surface area contributed by atoms with Crippen LogP contribution in [0, 0.1) is 5.41 Å². The highest BCUT2D eigenvalue weighted by Gasteiger charge is 2.24. The number of allylic oxidation sites excluding steroid dienone is 5. The third-order valence-electron chi connectivity index (χ3n) is 4.93. The lowest BCUT2D eigenvalue weighted by Crippen LogP contribution is -2.45. The van der Waals surface area contributed by atoms with Gasteiger partial charge in [0.2, 0.25) is 0 Å². The van der Waals surface area contributed by atoms with Crippen molar-refractivity contribution >= 4 is 36.2 Å². The van der Waals surface area contributed by atoms with Crippen molar-refractivity contribution in [2.75, 3.05) is 31.1 Å². The van der Waals surface area contributed by atoms with Crippen LogP contribution in [0.5, 0.6) is 0 Å². The predicted molar refractivity (Wildman–Crippen MR) is 111 cm³/mol. The average Bonchev–Trinajstić information content (AvgIpc) is 2.67. The molecule has 1 aromatic heterocycles. The van der Waals surface area contributed by atoms with Crippen LogP contribution in [0.15, 0.2) is 53.4 Å². The van der Waals surface area contributed by atoms with E-state index in [1.807, 2.05) is 37.4 Å². The van der Waals surface area contributed by atoms with Crippen LogP contribution >= 0.6 is 0 Å². The first kappa shape index (κ1) is 17.5. The normalized spacial score (nSPS) is 20.4. The van der Waals surface area contributed by atoms with E-state index in [0.717, 1.165) is 54.4 Å². The van der Waals surface area contributed by atoms with Crippen molar-refractivity contribution in [1.29, 1.82) is 5.41 Å². The minimum absolute atomic E-state index is 0.0543. The number of nitrogens with one attached hydrogen (secondary N) is 3. The Morgan fingerprint density at radius 2 is 2.11 bits per heavy atom. The van der Waals surface area contributed by atoms with Gasteiger partial charge in [0.15, 0.2) is 0 Å². The minimum Gasteiger partial charge on any atom is -0.362 e. The summed E-state index contributed by atoms with van der Waals surface area (Å²) in [6.07, 6.45) is 9.25. The largest absolute Gasteiger partial charge is 0.362 e. The number of hydrogen-bond acceptors (Lipinski definition) is 6. The molecule has 0 unspecified atom stereocenters. The Hall–Kier alpha value is -2.93. The maximum Gasteiger partial charge on any atom is 0.270 e. The first-order chi connectivity index (χ1) is 13.1. The highest BCUT2D eigenvalue weighted by Crippen LogP contribution is 2.17. The molecule has 0 aliphatic carbocycles. The van der Waals surface area contributed by atoms with Crippen molar-refractivity contribution in [3.05, 3.63) is 59.0 Å². The number of rotatable bonds is 3. The van der Waals surface area contributed by atoms with Gasteiger partial charge in [-0.05, 0) is 48.4 Å². The van der Waals surface area contributed by atoms with Gasteiger partial charge < -0.3 is 25.7 Å². The summed E-state index contributed by atoms with van der Waals surface area (Å²) in [4.78, 5) is 19.6. The molecule has 0 radical (unpaired) electrons. The van der Waals surface area contributed by atoms with Crippen molar-refractivity contribution in [3.63, 3.8) is 0 Å². The second-order valence-corrected chi connectivity index (χ2v) is 6.98. The molecule has 4 rings (SSSR count). The minimum atomic E-state index is -0.0543. The Morgan fingerprint density at radius 1 is 1.30 bits per heavy atom. The molecule has 1 saturated heterocycles. The number of nitrogens with zero attached hydrogens (tertiary/aromatic N) is 2. The number of carbonyl (C=O) groups is 1. The summed E-state index contributed by atoms with van der Waals surface area (Å²) in [5.74, 6) is 0.927. The maximum atomic E-state index is 12.6. The maximum absolute atomic E-state index is 12.6. The molecule has 6 nitrogen and oxygen atoms in total. The Balaban J connectivity index is 1.59. The topological polar surface area (TPSA) is 81.1 Å². The molecule has 27 heavy (non-hydrogen) atoms. The summed E-state index contributed by atoms with van der Waals surface area (Å²) in [7, 11) is 0.245. The van der Waals surface area contributed by atoms with Gasteiger partial charge in [-0.2, -0.15) is 0 Å². The smallest absolute Gasteiger partial charge is 0.270 e. The second kappa shape index (κ2) is 7.36. The van der Waals surface area contributed by atoms with E-state index in [9.17, 15) is 4.79 Å². The molecule has 1 aromatic rings. The van der Waals surface area contributed by atoms with Gasteiger partial charge >= 0.3 is 0 Å². The van der Waals surface area contributed by atoms with Crippen molar-refractivity contribution in [2.24, 2.45) is 0 Å². The third-order valence-corrected chi connectivity index (χ3v) is 4.93. The van der Waals surface area contributed by atoms with Gasteiger partial charge in [-0.15, -0.1) is 0 Å². The highest BCUT2D eigenvalue weighted by atomic mass is 16.1. The quantitative estimate of drug-likeness (QED) is 0.539. The molecule has 3 aliphatic rings. The summed E-state index contributed by atoms with van der Waals surface area (Å²) >= 11 is 0. The Morgan fingerprint density at radius 3 is 2.89 bits per heavy atom. The lowest BCUT2D eigenvalue weighted by molar-refractivity contribution is -0.108. The summed E-state index contributed by atoms with van der Waals surface area (Å²) in [5, 5.41) is 14.8. The Labute approximate surface area is 159 Å². The molecular formula is C20H22BN5O. The SMILES string of the molecule is CC1=C/C(=C/C(=N)C2=Cc3ccc(N4CCNCC4)nc3BC2=O)NC=C1. The number of piperazine rings is 1. The molecule has 0 amide bonds. The van der Waals surface area contributed by atoms with Gasteiger partial charge in [0.1, 0.15) is 11.5 Å². The van der Waals surface area contributed by atoms with Crippen LogP contribution in [0.3, 0.4) is 0 Å². The molecule has 136 valence electrons. The standard InChI is InChI=1S/C20H22BN5O/c1-13-4-5-24-15(10-13)12-17(22)16-11-14-2-3-18(25-19(14)21-20(16)27)26-8-6-23-7-9-26/h2-5,10-12,21-24H,6-9H2,1H3/b15-12-,22-17?. The fourth-order valence-corrected chi connectivity index (χ4v) is 3.48. The van der Waals surface area contributed by atoms with Crippen LogP contribution < -0.4 is 21.1 Å². The predicted octanol–water partition coefficient (Wildman–Crippen LogP) is 0.443. The molecule has 0 aromatic carbocycles. The Kier molecular flexibility index (Phi) is 4.77. The van der Waals surface area contributed by atoms with E-state index in [0.29, 0.717) is 5.57 Å². The molecule has 0 atom stereocenters. The average molecular weight is 359 g/mol. The van der Waals surface area contributed by atoms with Crippen LogP contribution in [0.1, 0.15) is 12.5 Å². The van der Waals surface area contributed by atoms with Crippen LogP contribution in [0.4, 0.5) is 5.82 Å². The van der Waals surface area contributed by atoms with Crippen molar-refractivity contribution in [2.45, 2.75) is 6.92 Å². The fraction of sp³-hybridized carbons (Fsp3) is 0.250. The summed E-state index contributed by atoms with van der Waals surface area (Å²) < 4.78 is 0. The van der Waals surface area contributed by atoms with Crippen LogP contribution in [0.2, 0.25) is 0 Å². The third kappa shape index (κ3) is 3.78. The molecule has 4 heterocycles. The van der Waals surface area contributed by atoms with Crippen LogP contribution in [-0.4, -0.2) is 49.8 Å². The second-order valence-electron chi connectivity index (χ2n) is 6.98. The van der Waals surface area contributed by atoms with E-state index in [-0.39, 0.29) is 18.7 Å². The van der Waals surface area contributed by atoms with Gasteiger partial charge in [-0.3, -0.25) is 0 Å². The molecule has 3 N–H and O–H groups in total. The molecular weight excluding hydrogens is 337 g/mol. The lowest BCUT2D eigenvalue weighted by atomic mass is 9.61. The summed E-state index contributed by atoms with van der Waals surface area (Å²) in [6.45, 7) is 5.74. The summed E-state index contributed by atoms with van der Waals surface area (Å²) in [5.41, 5.74) is 4.25. The molecule has 0 spiro atoms. The first-order valence-electron chi connectivity index (χ1n) is 9.23. The highest BCUT2D eigenvalue weighted by molar-refractivity contribution is 6.89.